The Labute approximate surface area is 60.7 Å². The zero-order valence-corrected chi connectivity index (χ0v) is 6.17. The molecule has 3 heteroatoms. The summed E-state index contributed by atoms with van der Waals surface area (Å²) in [6.45, 7) is 2.21. The van der Waals surface area contributed by atoms with E-state index in [4.69, 9.17) is 0 Å². The third-order valence-electron chi connectivity index (χ3n) is 1.63. The Morgan fingerprint density at radius 2 is 2.40 bits per heavy atom. The van der Waals surface area contributed by atoms with Gasteiger partial charge in [-0.25, -0.2) is 10.1 Å². The molecule has 10 heavy (non-hydrogen) atoms. The molecule has 3 nitrogen and oxygen atoms in total. The molecule has 1 saturated carbocycles. The summed E-state index contributed by atoms with van der Waals surface area (Å²) in [5, 5.41) is 3.81. The average molecular weight is 142 g/mol. The average Bonchev–Trinajstić information content (AvgIpc) is 1.80. The van der Waals surface area contributed by atoms with E-state index in [2.05, 4.69) is 10.1 Å². The van der Waals surface area contributed by atoms with Gasteiger partial charge in [-0.05, 0) is 26.2 Å². The van der Waals surface area contributed by atoms with Crippen molar-refractivity contribution >= 4 is 6.09 Å². The second-order valence-corrected chi connectivity index (χ2v) is 2.41. The summed E-state index contributed by atoms with van der Waals surface area (Å²) < 4.78 is 4.64. The summed E-state index contributed by atoms with van der Waals surface area (Å²) in [5.74, 6) is 0. The molecule has 0 aliphatic heterocycles. The zero-order chi connectivity index (χ0) is 7.40. The maximum Gasteiger partial charge on any atom is 0.429 e. The first-order valence-corrected chi connectivity index (χ1v) is 3.70. The van der Waals surface area contributed by atoms with Crippen LogP contribution in [0.25, 0.3) is 0 Å². The first-order chi connectivity index (χ1) is 4.83. The van der Waals surface area contributed by atoms with E-state index < -0.39 is 6.09 Å². The third kappa shape index (κ3) is 1.90. The maximum absolute atomic E-state index is 10.7. The van der Waals surface area contributed by atoms with E-state index in [0.717, 1.165) is 12.8 Å². The quantitative estimate of drug-likeness (QED) is 0.583. The number of nitrogens with zero attached hydrogens (tertiary/aromatic N) is 1. The number of carbonyl (C=O) groups excluding carboxylic acids is 1. The largest absolute Gasteiger partial charge is 0.448 e. The lowest BCUT2D eigenvalue weighted by Crippen LogP contribution is -2.33. The highest BCUT2D eigenvalue weighted by Gasteiger charge is 2.21. The van der Waals surface area contributed by atoms with Gasteiger partial charge >= 0.3 is 6.09 Å². The lowest BCUT2D eigenvalue weighted by molar-refractivity contribution is 0.140. The van der Waals surface area contributed by atoms with Crippen LogP contribution in [-0.2, 0) is 4.74 Å². The molecule has 57 valence electrons. The van der Waals surface area contributed by atoms with Crippen LogP contribution in [-0.4, -0.2) is 18.7 Å². The lowest BCUT2D eigenvalue weighted by Gasteiger charge is -2.23. The van der Waals surface area contributed by atoms with Gasteiger partial charge in [0.1, 0.15) is 0 Å². The van der Waals surface area contributed by atoms with E-state index in [0.29, 0.717) is 6.61 Å². The molecule has 0 spiro atoms. The van der Waals surface area contributed by atoms with Crippen molar-refractivity contribution in [2.45, 2.75) is 32.2 Å². The second-order valence-electron chi connectivity index (χ2n) is 2.41. The van der Waals surface area contributed by atoms with E-state index in [1.807, 2.05) is 0 Å². The van der Waals surface area contributed by atoms with Crippen LogP contribution in [0.4, 0.5) is 4.79 Å². The van der Waals surface area contributed by atoms with Gasteiger partial charge in [0.25, 0.3) is 0 Å². The van der Waals surface area contributed by atoms with Crippen LogP contribution in [0.5, 0.6) is 0 Å². The van der Waals surface area contributed by atoms with Gasteiger partial charge in [0, 0.05) is 0 Å². The van der Waals surface area contributed by atoms with Crippen LogP contribution in [0.2, 0.25) is 0 Å². The molecule has 0 aromatic rings. The van der Waals surface area contributed by atoms with Crippen molar-refractivity contribution in [1.82, 2.24) is 5.32 Å². The highest BCUT2D eigenvalue weighted by molar-refractivity contribution is 5.67. The lowest BCUT2D eigenvalue weighted by atomic mass is 9.93. The molecule has 1 aliphatic carbocycles. The minimum Gasteiger partial charge on any atom is -0.448 e. The van der Waals surface area contributed by atoms with Crippen LogP contribution in [0.3, 0.4) is 0 Å². The highest BCUT2D eigenvalue weighted by Crippen LogP contribution is 2.18. The van der Waals surface area contributed by atoms with Crippen LogP contribution >= 0.6 is 0 Å². The molecule has 0 saturated heterocycles. The number of hydrogen-bond donors (Lipinski definition) is 0. The van der Waals surface area contributed by atoms with Gasteiger partial charge in [0.15, 0.2) is 0 Å². The van der Waals surface area contributed by atoms with Crippen LogP contribution in [0.1, 0.15) is 26.2 Å². The van der Waals surface area contributed by atoms with Gasteiger partial charge in [-0.15, -0.1) is 0 Å². The molecule has 1 fully saturated rings. The second kappa shape index (κ2) is 3.44. The normalized spacial score (nSPS) is 17.7. The number of amides is 1. The van der Waals surface area contributed by atoms with Crippen molar-refractivity contribution in [1.29, 1.82) is 0 Å². The van der Waals surface area contributed by atoms with Crippen molar-refractivity contribution in [2.75, 3.05) is 6.61 Å². The zero-order valence-electron chi connectivity index (χ0n) is 6.17. The summed E-state index contributed by atoms with van der Waals surface area (Å²) in [6.07, 6.45) is 2.91. The fourth-order valence-corrected chi connectivity index (χ4v) is 0.826. The molecule has 0 atom stereocenters. The van der Waals surface area contributed by atoms with Gasteiger partial charge in [0.2, 0.25) is 0 Å². The molecule has 0 aromatic heterocycles. The predicted molar refractivity (Wildman–Crippen MR) is 36.8 cm³/mol. The predicted octanol–water partition coefficient (Wildman–Crippen LogP) is 1.30. The van der Waals surface area contributed by atoms with Crippen molar-refractivity contribution in [2.24, 2.45) is 0 Å². The highest BCUT2D eigenvalue weighted by atomic mass is 16.5. The number of rotatable bonds is 2. The molecular weight excluding hydrogens is 130 g/mol. The SMILES string of the molecule is CCOC(=O)[N]C1CCC1. The van der Waals surface area contributed by atoms with Gasteiger partial charge in [-0.1, -0.05) is 0 Å². The van der Waals surface area contributed by atoms with Crippen molar-refractivity contribution in [3.8, 4) is 0 Å². The van der Waals surface area contributed by atoms with Gasteiger partial charge in [0.05, 0.1) is 12.6 Å². The first-order valence-electron chi connectivity index (χ1n) is 3.70. The van der Waals surface area contributed by atoms with Crippen molar-refractivity contribution in [3.05, 3.63) is 0 Å². The number of hydrogen-bond acceptors (Lipinski definition) is 2. The number of ether oxygens (including phenoxy) is 1. The third-order valence-corrected chi connectivity index (χ3v) is 1.63. The molecule has 1 radical (unpaired) electrons. The van der Waals surface area contributed by atoms with Crippen LogP contribution in [0.15, 0.2) is 0 Å². The van der Waals surface area contributed by atoms with Gasteiger partial charge < -0.3 is 4.74 Å². The molecule has 0 bridgehead atoms. The minimum absolute atomic E-state index is 0.263. The Morgan fingerprint density at radius 1 is 1.70 bits per heavy atom. The molecule has 1 aliphatic rings. The Bertz CT molecular complexity index is 121. The molecule has 1 amide bonds. The fourth-order valence-electron chi connectivity index (χ4n) is 0.826. The molecule has 0 unspecified atom stereocenters. The van der Waals surface area contributed by atoms with Gasteiger partial charge in [-0.3, -0.25) is 0 Å². The van der Waals surface area contributed by atoms with Crippen molar-refractivity contribution < 1.29 is 9.53 Å². The summed E-state index contributed by atoms with van der Waals surface area (Å²) in [6, 6.07) is 0.263. The summed E-state index contributed by atoms with van der Waals surface area (Å²) in [5.41, 5.74) is 0. The first kappa shape index (κ1) is 7.38. The Hall–Kier alpha value is -0.730. The van der Waals surface area contributed by atoms with E-state index in [-0.39, 0.29) is 6.04 Å². The Morgan fingerprint density at radius 3 is 2.80 bits per heavy atom. The van der Waals surface area contributed by atoms with Crippen LogP contribution in [0, 0.1) is 0 Å². The minimum atomic E-state index is -0.396. The van der Waals surface area contributed by atoms with E-state index in [1.54, 1.807) is 6.92 Å². The Kier molecular flexibility index (Phi) is 2.54. The molecule has 0 aromatic carbocycles. The standard InChI is InChI=1S/C7H12NO2/c1-2-10-7(9)8-6-4-3-5-6/h6H,2-5H2,1H3. The monoisotopic (exact) mass is 142 g/mol. The topological polar surface area (TPSA) is 40.4 Å². The summed E-state index contributed by atoms with van der Waals surface area (Å²) >= 11 is 0. The van der Waals surface area contributed by atoms with E-state index in [9.17, 15) is 4.79 Å². The smallest absolute Gasteiger partial charge is 0.429 e. The van der Waals surface area contributed by atoms with E-state index in [1.165, 1.54) is 6.42 Å². The molecule has 0 N–H and O–H groups in total. The van der Waals surface area contributed by atoms with E-state index >= 15 is 0 Å². The van der Waals surface area contributed by atoms with Gasteiger partial charge in [-0.2, -0.15) is 0 Å². The maximum atomic E-state index is 10.7. The number of carbonyl (C=O) groups is 1. The molecule has 0 heterocycles. The molecular formula is C7H12NO2. The summed E-state index contributed by atoms with van der Waals surface area (Å²) in [4.78, 5) is 10.7. The molecule has 1 rings (SSSR count). The Balaban J connectivity index is 2.05. The fraction of sp³-hybridized carbons (Fsp3) is 0.857. The van der Waals surface area contributed by atoms with Crippen LogP contribution < -0.4 is 5.32 Å². The summed E-state index contributed by atoms with van der Waals surface area (Å²) in [7, 11) is 0. The van der Waals surface area contributed by atoms with Crippen molar-refractivity contribution in [3.63, 3.8) is 0 Å².